The van der Waals surface area contributed by atoms with Gasteiger partial charge in [0, 0.05) is 25.3 Å². The summed E-state index contributed by atoms with van der Waals surface area (Å²) in [5.74, 6) is -4.54. The van der Waals surface area contributed by atoms with Crippen molar-refractivity contribution in [1.29, 1.82) is 0 Å². The van der Waals surface area contributed by atoms with E-state index in [0.717, 1.165) is 0 Å². The highest BCUT2D eigenvalue weighted by molar-refractivity contribution is 5.84. The zero-order valence-electron chi connectivity index (χ0n) is 13.0. The summed E-state index contributed by atoms with van der Waals surface area (Å²) in [5, 5.41) is 12.2. The number of carboxylic acid groups (broad SMARTS) is 1. The summed E-state index contributed by atoms with van der Waals surface area (Å²) in [6, 6.07) is 8.65. The Bertz CT molecular complexity index is 566. The molecule has 0 bridgehead atoms. The minimum absolute atomic E-state index is 0.0714. The summed E-state index contributed by atoms with van der Waals surface area (Å²) in [7, 11) is 0. The van der Waals surface area contributed by atoms with Gasteiger partial charge in [-0.3, -0.25) is 9.59 Å². The number of hydrogen-bond acceptors (Lipinski definition) is 2. The van der Waals surface area contributed by atoms with Crippen LogP contribution in [0.3, 0.4) is 0 Å². The maximum absolute atomic E-state index is 13.1. The van der Waals surface area contributed by atoms with E-state index in [4.69, 9.17) is 0 Å². The second kappa shape index (κ2) is 6.64. The first-order chi connectivity index (χ1) is 10.7. The number of halogens is 2. The summed E-state index contributed by atoms with van der Waals surface area (Å²) in [5.41, 5.74) is -0.668. The summed E-state index contributed by atoms with van der Waals surface area (Å²) >= 11 is 0. The van der Waals surface area contributed by atoms with Crippen LogP contribution in [0, 0.1) is 5.92 Å². The van der Waals surface area contributed by atoms with Gasteiger partial charge in [-0.15, -0.1) is 0 Å². The Morgan fingerprint density at radius 3 is 2.35 bits per heavy atom. The Morgan fingerprint density at radius 2 is 1.83 bits per heavy atom. The van der Waals surface area contributed by atoms with E-state index in [1.165, 1.54) is 0 Å². The van der Waals surface area contributed by atoms with Crippen LogP contribution in [0.25, 0.3) is 0 Å². The molecule has 0 aromatic heterocycles. The van der Waals surface area contributed by atoms with Crippen LogP contribution < -0.4 is 5.32 Å². The van der Waals surface area contributed by atoms with Crippen molar-refractivity contribution in [2.24, 2.45) is 5.92 Å². The molecule has 0 aliphatic heterocycles. The van der Waals surface area contributed by atoms with Crippen LogP contribution in [0.4, 0.5) is 8.78 Å². The number of hydrogen-bond donors (Lipinski definition) is 2. The van der Waals surface area contributed by atoms with E-state index >= 15 is 0 Å². The lowest BCUT2D eigenvalue weighted by molar-refractivity contribution is -0.143. The fourth-order valence-electron chi connectivity index (χ4n) is 2.82. The van der Waals surface area contributed by atoms with Gasteiger partial charge in [0.25, 0.3) is 0 Å². The number of carbonyl (C=O) groups is 2. The van der Waals surface area contributed by atoms with Crippen LogP contribution in [-0.2, 0) is 15.0 Å². The number of carboxylic acids is 1. The minimum atomic E-state index is -2.68. The van der Waals surface area contributed by atoms with E-state index in [-0.39, 0.29) is 38.1 Å². The van der Waals surface area contributed by atoms with Gasteiger partial charge in [0.15, 0.2) is 0 Å². The standard InChI is InChI=1S/C17H21F2NO3/c1-16(15(22)23,13-5-3-2-4-6-13)11-20-14(21)12-7-9-17(18,19)10-8-12/h2-6,12H,7-11H2,1H3,(H,20,21)(H,22,23). The molecule has 0 saturated heterocycles. The maximum Gasteiger partial charge on any atom is 0.315 e. The predicted molar refractivity (Wildman–Crippen MR) is 81.3 cm³/mol. The predicted octanol–water partition coefficient (Wildman–Crippen LogP) is 2.97. The van der Waals surface area contributed by atoms with Crippen LogP contribution in [0.1, 0.15) is 38.2 Å². The molecule has 0 heterocycles. The number of benzene rings is 1. The molecule has 1 unspecified atom stereocenters. The first-order valence-corrected chi connectivity index (χ1v) is 7.69. The smallest absolute Gasteiger partial charge is 0.315 e. The van der Waals surface area contributed by atoms with Crippen LogP contribution >= 0.6 is 0 Å². The summed E-state index contributed by atoms with van der Waals surface area (Å²) in [6.45, 7) is 1.47. The highest BCUT2D eigenvalue weighted by atomic mass is 19.3. The van der Waals surface area contributed by atoms with Gasteiger partial charge < -0.3 is 10.4 Å². The van der Waals surface area contributed by atoms with Gasteiger partial charge >= 0.3 is 5.97 Å². The second-order valence-corrected chi connectivity index (χ2v) is 6.35. The van der Waals surface area contributed by atoms with Crippen molar-refractivity contribution in [2.45, 2.75) is 43.9 Å². The molecule has 2 N–H and O–H groups in total. The zero-order chi connectivity index (χ0) is 17.1. The number of nitrogens with one attached hydrogen (secondary N) is 1. The fraction of sp³-hybridized carbons (Fsp3) is 0.529. The van der Waals surface area contributed by atoms with Gasteiger partial charge in [0.05, 0.1) is 0 Å². The first kappa shape index (κ1) is 17.4. The Balaban J connectivity index is 2.00. The summed E-state index contributed by atoms with van der Waals surface area (Å²) in [4.78, 5) is 23.8. The quantitative estimate of drug-likeness (QED) is 0.874. The molecular formula is C17H21F2NO3. The summed E-state index contributed by atoms with van der Waals surface area (Å²) < 4.78 is 26.3. The highest BCUT2D eigenvalue weighted by Crippen LogP contribution is 2.36. The van der Waals surface area contributed by atoms with E-state index in [1.807, 2.05) is 0 Å². The number of alkyl halides is 2. The van der Waals surface area contributed by atoms with Crippen molar-refractivity contribution in [2.75, 3.05) is 6.54 Å². The van der Waals surface area contributed by atoms with Crippen LogP contribution in [0.5, 0.6) is 0 Å². The molecule has 1 saturated carbocycles. The van der Waals surface area contributed by atoms with Gasteiger partial charge in [-0.2, -0.15) is 0 Å². The van der Waals surface area contributed by atoms with E-state index in [0.29, 0.717) is 5.56 Å². The average molecular weight is 325 g/mol. The molecular weight excluding hydrogens is 304 g/mol. The SMILES string of the molecule is CC(CNC(=O)C1CCC(F)(F)CC1)(C(=O)O)c1ccccc1. The third-order valence-electron chi connectivity index (χ3n) is 4.59. The molecule has 1 aliphatic rings. The molecule has 1 aromatic carbocycles. The Labute approximate surface area is 133 Å². The molecule has 23 heavy (non-hydrogen) atoms. The number of aliphatic carboxylic acids is 1. The monoisotopic (exact) mass is 325 g/mol. The number of rotatable bonds is 5. The van der Waals surface area contributed by atoms with Crippen molar-refractivity contribution in [3.63, 3.8) is 0 Å². The van der Waals surface area contributed by atoms with Gasteiger partial charge in [-0.1, -0.05) is 30.3 Å². The molecule has 1 amide bonds. The molecule has 1 aliphatic carbocycles. The normalized spacial score (nSPS) is 20.5. The van der Waals surface area contributed by atoms with E-state index in [1.54, 1.807) is 37.3 Å². The molecule has 6 heteroatoms. The second-order valence-electron chi connectivity index (χ2n) is 6.35. The van der Waals surface area contributed by atoms with Gasteiger partial charge in [-0.25, -0.2) is 8.78 Å². The van der Waals surface area contributed by atoms with Crippen molar-refractivity contribution in [3.8, 4) is 0 Å². The molecule has 1 atom stereocenters. The van der Waals surface area contributed by atoms with Gasteiger partial charge in [-0.05, 0) is 25.3 Å². The van der Waals surface area contributed by atoms with Crippen molar-refractivity contribution < 1.29 is 23.5 Å². The van der Waals surface area contributed by atoms with Crippen molar-refractivity contribution in [1.82, 2.24) is 5.32 Å². The molecule has 126 valence electrons. The minimum Gasteiger partial charge on any atom is -0.481 e. The van der Waals surface area contributed by atoms with E-state index in [9.17, 15) is 23.5 Å². The fourth-order valence-corrected chi connectivity index (χ4v) is 2.82. The maximum atomic E-state index is 13.1. The molecule has 4 nitrogen and oxygen atoms in total. The Morgan fingerprint density at radius 1 is 1.26 bits per heavy atom. The topological polar surface area (TPSA) is 66.4 Å². The van der Waals surface area contributed by atoms with Crippen molar-refractivity contribution in [3.05, 3.63) is 35.9 Å². The molecule has 1 aromatic rings. The molecule has 1 fully saturated rings. The average Bonchev–Trinajstić information content (AvgIpc) is 2.53. The molecule has 0 spiro atoms. The lowest BCUT2D eigenvalue weighted by Gasteiger charge is -2.30. The highest BCUT2D eigenvalue weighted by Gasteiger charge is 2.39. The lowest BCUT2D eigenvalue weighted by atomic mass is 9.81. The summed E-state index contributed by atoms with van der Waals surface area (Å²) in [6.07, 6.45) is -0.318. The zero-order valence-corrected chi connectivity index (χ0v) is 13.0. The van der Waals surface area contributed by atoms with E-state index in [2.05, 4.69) is 5.32 Å². The van der Waals surface area contributed by atoms with E-state index < -0.39 is 23.2 Å². The van der Waals surface area contributed by atoms with Crippen molar-refractivity contribution >= 4 is 11.9 Å². The van der Waals surface area contributed by atoms with Crippen LogP contribution in [-0.4, -0.2) is 29.5 Å². The van der Waals surface area contributed by atoms with Gasteiger partial charge in [0.1, 0.15) is 5.41 Å². The third kappa shape index (κ3) is 4.06. The molecule has 0 radical (unpaired) electrons. The Kier molecular flexibility index (Phi) is 5.02. The Hall–Kier alpha value is -1.98. The first-order valence-electron chi connectivity index (χ1n) is 7.69. The molecule has 2 rings (SSSR count). The largest absolute Gasteiger partial charge is 0.481 e. The lowest BCUT2D eigenvalue weighted by Crippen LogP contribution is -2.46. The van der Waals surface area contributed by atoms with Crippen LogP contribution in [0.15, 0.2) is 30.3 Å². The van der Waals surface area contributed by atoms with Crippen LogP contribution in [0.2, 0.25) is 0 Å². The number of carbonyl (C=O) groups excluding carboxylic acids is 1. The third-order valence-corrected chi connectivity index (χ3v) is 4.59. The van der Waals surface area contributed by atoms with Gasteiger partial charge in [0.2, 0.25) is 11.8 Å². The number of amides is 1.